The SMILES string of the molecule is CCOC(=O)CN1C(=O)/C(=C/c2ccccc2C(=O)O)SC1=S. The van der Waals surface area contributed by atoms with Gasteiger partial charge in [0.25, 0.3) is 5.91 Å². The highest BCUT2D eigenvalue weighted by Crippen LogP contribution is 2.32. The van der Waals surface area contributed by atoms with Gasteiger partial charge in [-0.1, -0.05) is 42.2 Å². The number of thioether (sulfide) groups is 1. The number of thiocarbonyl (C=S) groups is 1. The van der Waals surface area contributed by atoms with Crippen LogP contribution in [0.1, 0.15) is 22.8 Å². The standard InChI is InChI=1S/C15H13NO5S2/c1-2-21-12(17)8-16-13(18)11(23-15(16)22)7-9-5-3-4-6-10(9)14(19)20/h3-7H,2,8H2,1H3,(H,19,20)/b11-7-. The van der Waals surface area contributed by atoms with Gasteiger partial charge in [0.15, 0.2) is 0 Å². The minimum absolute atomic E-state index is 0.0863. The van der Waals surface area contributed by atoms with Crippen molar-refractivity contribution < 1.29 is 24.2 Å². The molecule has 1 heterocycles. The number of esters is 1. The van der Waals surface area contributed by atoms with Gasteiger partial charge in [-0.15, -0.1) is 0 Å². The number of nitrogens with zero attached hydrogens (tertiary/aromatic N) is 1. The molecule has 1 saturated heterocycles. The summed E-state index contributed by atoms with van der Waals surface area (Å²) in [7, 11) is 0. The summed E-state index contributed by atoms with van der Waals surface area (Å²) in [5, 5.41) is 9.17. The van der Waals surface area contributed by atoms with Crippen molar-refractivity contribution in [1.82, 2.24) is 4.90 Å². The number of carbonyl (C=O) groups excluding carboxylic acids is 2. The Bertz CT molecular complexity index is 714. The fourth-order valence-electron chi connectivity index (χ4n) is 1.93. The summed E-state index contributed by atoms with van der Waals surface area (Å²) in [6, 6.07) is 6.33. The molecule has 0 saturated carbocycles. The molecular weight excluding hydrogens is 338 g/mol. The number of aromatic carboxylic acids is 1. The predicted molar refractivity (Wildman–Crippen MR) is 89.9 cm³/mol. The molecule has 1 N–H and O–H groups in total. The van der Waals surface area contributed by atoms with E-state index in [2.05, 4.69) is 0 Å². The summed E-state index contributed by atoms with van der Waals surface area (Å²) in [4.78, 5) is 36.5. The van der Waals surface area contributed by atoms with Crippen molar-refractivity contribution in [2.45, 2.75) is 6.92 Å². The number of carboxylic acids is 1. The van der Waals surface area contributed by atoms with Gasteiger partial charge in [-0.25, -0.2) is 4.79 Å². The van der Waals surface area contributed by atoms with E-state index in [0.717, 1.165) is 16.7 Å². The van der Waals surface area contributed by atoms with Crippen molar-refractivity contribution in [3.05, 3.63) is 40.3 Å². The molecule has 0 unspecified atom stereocenters. The van der Waals surface area contributed by atoms with Gasteiger partial charge in [0.2, 0.25) is 0 Å². The molecule has 1 amide bonds. The number of carboxylic acid groups (broad SMARTS) is 1. The van der Waals surface area contributed by atoms with E-state index in [0.29, 0.717) is 5.56 Å². The zero-order chi connectivity index (χ0) is 17.0. The third-order valence-electron chi connectivity index (χ3n) is 2.94. The summed E-state index contributed by atoms with van der Waals surface area (Å²) in [6.45, 7) is 1.64. The van der Waals surface area contributed by atoms with Crippen LogP contribution in [0.4, 0.5) is 0 Å². The first kappa shape index (κ1) is 17.2. The Morgan fingerprint density at radius 3 is 2.74 bits per heavy atom. The smallest absolute Gasteiger partial charge is 0.336 e. The first-order chi connectivity index (χ1) is 10.9. The average molecular weight is 351 g/mol. The minimum Gasteiger partial charge on any atom is -0.478 e. The van der Waals surface area contributed by atoms with E-state index in [1.54, 1.807) is 25.1 Å². The summed E-state index contributed by atoms with van der Waals surface area (Å²) in [5.74, 6) is -2.07. The molecule has 23 heavy (non-hydrogen) atoms. The van der Waals surface area contributed by atoms with Crippen LogP contribution in [0.2, 0.25) is 0 Å². The van der Waals surface area contributed by atoms with Crippen molar-refractivity contribution in [3.8, 4) is 0 Å². The van der Waals surface area contributed by atoms with E-state index >= 15 is 0 Å². The Morgan fingerprint density at radius 1 is 1.39 bits per heavy atom. The van der Waals surface area contributed by atoms with Crippen LogP contribution in [0, 0.1) is 0 Å². The second-order valence-corrected chi connectivity index (χ2v) is 6.14. The summed E-state index contributed by atoms with van der Waals surface area (Å²) >= 11 is 6.13. The molecule has 0 aliphatic carbocycles. The van der Waals surface area contributed by atoms with Crippen LogP contribution in [-0.2, 0) is 14.3 Å². The normalized spacial score (nSPS) is 16.0. The molecule has 120 valence electrons. The molecule has 0 bridgehead atoms. The van der Waals surface area contributed by atoms with Crippen LogP contribution >= 0.6 is 24.0 Å². The van der Waals surface area contributed by atoms with Crippen LogP contribution in [-0.4, -0.2) is 45.3 Å². The lowest BCUT2D eigenvalue weighted by molar-refractivity contribution is -0.145. The van der Waals surface area contributed by atoms with E-state index in [1.165, 1.54) is 12.1 Å². The highest BCUT2D eigenvalue weighted by molar-refractivity contribution is 8.26. The molecule has 0 spiro atoms. The quantitative estimate of drug-likeness (QED) is 0.494. The van der Waals surface area contributed by atoms with Crippen molar-refractivity contribution >= 4 is 52.2 Å². The second-order valence-electron chi connectivity index (χ2n) is 4.47. The number of ether oxygens (including phenoxy) is 1. The van der Waals surface area contributed by atoms with Crippen molar-refractivity contribution in [1.29, 1.82) is 0 Å². The molecule has 1 fully saturated rings. The second kappa shape index (κ2) is 7.38. The lowest BCUT2D eigenvalue weighted by Crippen LogP contribution is -2.34. The fourth-order valence-corrected chi connectivity index (χ4v) is 3.18. The minimum atomic E-state index is -1.08. The number of carbonyl (C=O) groups is 3. The van der Waals surface area contributed by atoms with E-state index in [1.807, 2.05) is 0 Å². The number of hydrogen-bond acceptors (Lipinski definition) is 6. The molecule has 1 aromatic rings. The van der Waals surface area contributed by atoms with Gasteiger partial charge < -0.3 is 9.84 Å². The van der Waals surface area contributed by atoms with E-state index in [9.17, 15) is 14.4 Å². The van der Waals surface area contributed by atoms with Crippen molar-refractivity contribution in [3.63, 3.8) is 0 Å². The van der Waals surface area contributed by atoms with Gasteiger partial charge >= 0.3 is 11.9 Å². The third kappa shape index (κ3) is 3.96. The van der Waals surface area contributed by atoms with Gasteiger partial charge in [0.1, 0.15) is 10.9 Å². The summed E-state index contributed by atoms with van der Waals surface area (Å²) < 4.78 is 5.04. The summed E-state index contributed by atoms with van der Waals surface area (Å²) in [6.07, 6.45) is 1.47. The Kier molecular flexibility index (Phi) is 5.51. The number of amides is 1. The van der Waals surface area contributed by atoms with Gasteiger partial charge in [-0.2, -0.15) is 0 Å². The Labute approximate surface area is 142 Å². The molecule has 0 radical (unpaired) electrons. The predicted octanol–water partition coefficient (Wildman–Crippen LogP) is 2.15. The maximum atomic E-state index is 12.3. The Balaban J connectivity index is 2.26. The van der Waals surface area contributed by atoms with E-state index in [4.69, 9.17) is 22.1 Å². The van der Waals surface area contributed by atoms with Gasteiger partial charge in [-0.3, -0.25) is 14.5 Å². The van der Waals surface area contributed by atoms with Crippen LogP contribution in [0.3, 0.4) is 0 Å². The largest absolute Gasteiger partial charge is 0.478 e. The molecule has 0 aromatic heterocycles. The van der Waals surface area contributed by atoms with E-state index in [-0.39, 0.29) is 27.9 Å². The Morgan fingerprint density at radius 2 is 2.09 bits per heavy atom. The number of benzene rings is 1. The zero-order valence-corrected chi connectivity index (χ0v) is 13.8. The topological polar surface area (TPSA) is 83.9 Å². The lowest BCUT2D eigenvalue weighted by atomic mass is 10.1. The van der Waals surface area contributed by atoms with Crippen LogP contribution < -0.4 is 0 Å². The molecule has 0 atom stereocenters. The van der Waals surface area contributed by atoms with Crippen LogP contribution in [0.15, 0.2) is 29.2 Å². The number of rotatable bonds is 5. The van der Waals surface area contributed by atoms with E-state index < -0.39 is 17.8 Å². The average Bonchev–Trinajstić information content (AvgIpc) is 2.75. The van der Waals surface area contributed by atoms with Gasteiger partial charge in [0, 0.05) is 0 Å². The molecular formula is C15H13NO5S2. The Hall–Kier alpha value is -2.19. The number of hydrogen-bond donors (Lipinski definition) is 1. The molecule has 2 rings (SSSR count). The monoisotopic (exact) mass is 351 g/mol. The van der Waals surface area contributed by atoms with Crippen molar-refractivity contribution in [2.75, 3.05) is 13.2 Å². The molecule has 1 aliphatic heterocycles. The maximum Gasteiger partial charge on any atom is 0.336 e. The van der Waals surface area contributed by atoms with Crippen LogP contribution in [0.5, 0.6) is 0 Å². The van der Waals surface area contributed by atoms with Crippen LogP contribution in [0.25, 0.3) is 6.08 Å². The van der Waals surface area contributed by atoms with Gasteiger partial charge in [0.05, 0.1) is 17.1 Å². The molecule has 1 aliphatic rings. The molecule has 1 aromatic carbocycles. The fraction of sp³-hybridized carbons (Fsp3) is 0.200. The van der Waals surface area contributed by atoms with Gasteiger partial charge in [-0.05, 0) is 24.6 Å². The summed E-state index contributed by atoms with van der Waals surface area (Å²) in [5.41, 5.74) is 0.486. The highest BCUT2D eigenvalue weighted by Gasteiger charge is 2.34. The highest BCUT2D eigenvalue weighted by atomic mass is 32.2. The first-order valence-corrected chi connectivity index (χ1v) is 7.89. The maximum absolute atomic E-state index is 12.3. The zero-order valence-electron chi connectivity index (χ0n) is 12.1. The molecule has 8 heteroatoms. The first-order valence-electron chi connectivity index (χ1n) is 6.67. The molecule has 6 nitrogen and oxygen atoms in total. The third-order valence-corrected chi connectivity index (χ3v) is 4.32. The van der Waals surface area contributed by atoms with Crippen molar-refractivity contribution in [2.24, 2.45) is 0 Å². The lowest BCUT2D eigenvalue weighted by Gasteiger charge is -2.12.